The molecule has 4 nitrogen and oxygen atoms in total. The van der Waals surface area contributed by atoms with Crippen LogP contribution in [0.2, 0.25) is 0 Å². The Labute approximate surface area is 204 Å². The first-order valence-corrected chi connectivity index (χ1v) is 12.6. The van der Waals surface area contributed by atoms with Crippen LogP contribution in [0.1, 0.15) is 42.7 Å². The van der Waals surface area contributed by atoms with Gasteiger partial charge in [0.25, 0.3) is 5.91 Å². The SMILES string of the molecule is CC(C(=O)N1C(=S)SC[C@@H]1C(C)C)C(NC(=O)c1ccccc1)c1cccc2ccccc12. The minimum Gasteiger partial charge on any atom is -0.344 e. The number of amides is 2. The average molecular weight is 477 g/mol. The summed E-state index contributed by atoms with van der Waals surface area (Å²) in [7, 11) is 0. The maximum absolute atomic E-state index is 13.8. The number of benzene rings is 3. The first-order chi connectivity index (χ1) is 15.9. The third-order valence-electron chi connectivity index (χ3n) is 6.28. The second-order valence-corrected chi connectivity index (χ2v) is 10.4. The van der Waals surface area contributed by atoms with E-state index in [1.165, 1.54) is 0 Å². The minimum absolute atomic E-state index is 0.0463. The molecule has 3 atom stereocenters. The van der Waals surface area contributed by atoms with Crippen molar-refractivity contribution >= 4 is 50.9 Å². The molecule has 2 amide bonds. The van der Waals surface area contributed by atoms with E-state index in [0.717, 1.165) is 22.1 Å². The molecule has 0 radical (unpaired) electrons. The number of hydrogen-bond donors (Lipinski definition) is 1. The summed E-state index contributed by atoms with van der Waals surface area (Å²) in [6, 6.07) is 22.8. The maximum atomic E-state index is 13.8. The lowest BCUT2D eigenvalue weighted by Crippen LogP contribution is -2.47. The Hall–Kier alpha value is -2.70. The smallest absolute Gasteiger partial charge is 0.251 e. The summed E-state index contributed by atoms with van der Waals surface area (Å²) in [5.41, 5.74) is 1.49. The van der Waals surface area contributed by atoms with E-state index in [9.17, 15) is 9.59 Å². The van der Waals surface area contributed by atoms with Crippen LogP contribution in [-0.2, 0) is 4.79 Å². The maximum Gasteiger partial charge on any atom is 0.251 e. The van der Waals surface area contributed by atoms with E-state index >= 15 is 0 Å². The van der Waals surface area contributed by atoms with Gasteiger partial charge in [-0.25, -0.2) is 0 Å². The lowest BCUT2D eigenvalue weighted by molar-refractivity contribution is -0.133. The molecule has 3 aromatic carbocycles. The molecule has 1 heterocycles. The zero-order valence-electron chi connectivity index (χ0n) is 19.0. The number of nitrogens with one attached hydrogen (secondary N) is 1. The Morgan fingerprint density at radius 3 is 2.36 bits per heavy atom. The number of thioether (sulfide) groups is 1. The highest BCUT2D eigenvalue weighted by Crippen LogP contribution is 2.35. The van der Waals surface area contributed by atoms with Gasteiger partial charge in [0.1, 0.15) is 4.32 Å². The van der Waals surface area contributed by atoms with Gasteiger partial charge < -0.3 is 5.32 Å². The molecule has 3 aromatic rings. The largest absolute Gasteiger partial charge is 0.344 e. The van der Waals surface area contributed by atoms with Crippen LogP contribution < -0.4 is 5.32 Å². The Morgan fingerprint density at radius 1 is 0.970 bits per heavy atom. The molecule has 33 heavy (non-hydrogen) atoms. The number of nitrogens with zero attached hydrogens (tertiary/aromatic N) is 1. The second kappa shape index (κ2) is 10.1. The highest BCUT2D eigenvalue weighted by Gasteiger charge is 2.40. The van der Waals surface area contributed by atoms with Crippen molar-refractivity contribution in [2.75, 3.05) is 5.75 Å². The zero-order chi connectivity index (χ0) is 23.5. The van der Waals surface area contributed by atoms with Crippen molar-refractivity contribution in [1.29, 1.82) is 0 Å². The van der Waals surface area contributed by atoms with Crippen molar-refractivity contribution in [1.82, 2.24) is 10.2 Å². The fourth-order valence-corrected chi connectivity index (χ4v) is 5.99. The molecule has 0 bridgehead atoms. The molecule has 0 spiro atoms. The van der Waals surface area contributed by atoms with Crippen LogP contribution in [0.4, 0.5) is 0 Å². The van der Waals surface area contributed by atoms with Crippen LogP contribution in [0.3, 0.4) is 0 Å². The predicted octanol–water partition coefficient (Wildman–Crippen LogP) is 5.83. The van der Waals surface area contributed by atoms with Crippen LogP contribution in [0.5, 0.6) is 0 Å². The predicted molar refractivity (Wildman–Crippen MR) is 140 cm³/mol. The zero-order valence-corrected chi connectivity index (χ0v) is 20.7. The Morgan fingerprint density at radius 2 is 1.64 bits per heavy atom. The molecule has 2 unspecified atom stereocenters. The van der Waals surface area contributed by atoms with Gasteiger partial charge in [-0.05, 0) is 34.4 Å². The molecular weight excluding hydrogens is 448 g/mol. The number of carbonyl (C=O) groups is 2. The molecular formula is C27H28N2O2S2. The molecule has 1 N–H and O–H groups in total. The van der Waals surface area contributed by atoms with Crippen molar-refractivity contribution in [3.8, 4) is 0 Å². The average Bonchev–Trinajstić information content (AvgIpc) is 3.23. The first kappa shape index (κ1) is 23.5. The lowest BCUT2D eigenvalue weighted by Gasteiger charge is -2.33. The summed E-state index contributed by atoms with van der Waals surface area (Å²) >= 11 is 7.12. The number of hydrogen-bond acceptors (Lipinski definition) is 4. The molecule has 1 aliphatic heterocycles. The van der Waals surface area contributed by atoms with Crippen molar-refractivity contribution in [3.05, 3.63) is 83.9 Å². The summed E-state index contributed by atoms with van der Waals surface area (Å²) < 4.78 is 0.622. The van der Waals surface area contributed by atoms with E-state index in [1.807, 2.05) is 67.6 Å². The van der Waals surface area contributed by atoms with Crippen molar-refractivity contribution in [2.45, 2.75) is 32.9 Å². The van der Waals surface area contributed by atoms with Crippen molar-refractivity contribution in [3.63, 3.8) is 0 Å². The molecule has 170 valence electrons. The highest BCUT2D eigenvalue weighted by molar-refractivity contribution is 8.23. The van der Waals surface area contributed by atoms with Crippen LogP contribution in [-0.4, -0.2) is 32.8 Å². The topological polar surface area (TPSA) is 49.4 Å². The van der Waals surface area contributed by atoms with Gasteiger partial charge in [-0.3, -0.25) is 14.5 Å². The van der Waals surface area contributed by atoms with Crippen molar-refractivity contribution in [2.24, 2.45) is 11.8 Å². The van der Waals surface area contributed by atoms with Gasteiger partial charge >= 0.3 is 0 Å². The molecule has 0 aliphatic carbocycles. The second-order valence-electron chi connectivity index (χ2n) is 8.77. The van der Waals surface area contributed by atoms with Crippen LogP contribution in [0.15, 0.2) is 72.8 Å². The third-order valence-corrected chi connectivity index (χ3v) is 7.79. The van der Waals surface area contributed by atoms with E-state index in [2.05, 4.69) is 19.2 Å². The van der Waals surface area contributed by atoms with E-state index in [4.69, 9.17) is 12.2 Å². The van der Waals surface area contributed by atoms with E-state index in [1.54, 1.807) is 28.8 Å². The van der Waals surface area contributed by atoms with Gasteiger partial charge in [0.15, 0.2) is 0 Å². The van der Waals surface area contributed by atoms with Gasteiger partial charge in [-0.1, -0.05) is 105 Å². The van der Waals surface area contributed by atoms with Gasteiger partial charge in [0.05, 0.1) is 12.0 Å². The number of carbonyl (C=O) groups excluding carboxylic acids is 2. The third kappa shape index (κ3) is 4.82. The molecule has 0 saturated carbocycles. The quantitative estimate of drug-likeness (QED) is 0.455. The van der Waals surface area contributed by atoms with Crippen molar-refractivity contribution < 1.29 is 9.59 Å². The van der Waals surface area contributed by atoms with Gasteiger partial charge in [0, 0.05) is 17.4 Å². The number of fused-ring (bicyclic) bond motifs is 1. The van der Waals surface area contributed by atoms with Crippen LogP contribution >= 0.6 is 24.0 Å². The molecule has 4 rings (SSSR count). The summed E-state index contributed by atoms with van der Waals surface area (Å²) in [6.45, 7) is 6.12. The molecule has 6 heteroatoms. The summed E-state index contributed by atoms with van der Waals surface area (Å²) in [5, 5.41) is 5.26. The summed E-state index contributed by atoms with van der Waals surface area (Å²) in [5.74, 6) is 0.358. The minimum atomic E-state index is -0.502. The molecule has 0 aromatic heterocycles. The van der Waals surface area contributed by atoms with E-state index < -0.39 is 12.0 Å². The molecule has 1 saturated heterocycles. The Balaban J connectivity index is 1.74. The van der Waals surface area contributed by atoms with Gasteiger partial charge in [-0.15, -0.1) is 0 Å². The van der Waals surface area contributed by atoms with Crippen LogP contribution in [0, 0.1) is 11.8 Å². The van der Waals surface area contributed by atoms with E-state index in [0.29, 0.717) is 15.8 Å². The monoisotopic (exact) mass is 476 g/mol. The summed E-state index contributed by atoms with van der Waals surface area (Å²) in [4.78, 5) is 28.8. The normalized spacial score (nSPS) is 17.9. The fraction of sp³-hybridized carbons (Fsp3) is 0.296. The highest BCUT2D eigenvalue weighted by atomic mass is 32.2. The standard InChI is InChI=1S/C27H28N2O2S2/c1-17(2)23-16-33-27(32)29(23)26(31)18(3)24(28-25(30)20-11-5-4-6-12-20)22-15-9-13-19-10-7-8-14-21(19)22/h4-15,17-18,23-24H,16H2,1-3H3,(H,28,30)/t18?,23-,24?/m1/s1. The molecule has 1 aliphatic rings. The Kier molecular flexibility index (Phi) is 7.15. The first-order valence-electron chi connectivity index (χ1n) is 11.2. The molecule has 1 fully saturated rings. The fourth-order valence-electron chi connectivity index (χ4n) is 4.35. The Bertz CT molecular complexity index is 1170. The lowest BCUT2D eigenvalue weighted by atomic mass is 9.88. The number of thiocarbonyl (C=S) groups is 1. The van der Waals surface area contributed by atoms with Crippen LogP contribution in [0.25, 0.3) is 10.8 Å². The van der Waals surface area contributed by atoms with E-state index in [-0.39, 0.29) is 17.9 Å². The van der Waals surface area contributed by atoms with Gasteiger partial charge in [-0.2, -0.15) is 0 Å². The van der Waals surface area contributed by atoms with Gasteiger partial charge in [0.2, 0.25) is 5.91 Å². The summed E-state index contributed by atoms with van der Waals surface area (Å²) in [6.07, 6.45) is 0. The number of rotatable bonds is 6.